The van der Waals surface area contributed by atoms with Crippen LogP contribution in [0, 0.1) is 6.92 Å². The van der Waals surface area contributed by atoms with Gasteiger partial charge in [0.25, 0.3) is 0 Å². The van der Waals surface area contributed by atoms with Gasteiger partial charge in [0.05, 0.1) is 10.7 Å². The van der Waals surface area contributed by atoms with Crippen LogP contribution in [0.2, 0.25) is 0 Å². The Morgan fingerprint density at radius 1 is 1.19 bits per heavy atom. The van der Waals surface area contributed by atoms with E-state index in [4.69, 9.17) is 0 Å². The van der Waals surface area contributed by atoms with Crippen LogP contribution in [0.15, 0.2) is 27.1 Å². The molecule has 0 spiro atoms. The third-order valence-electron chi connectivity index (χ3n) is 3.31. The summed E-state index contributed by atoms with van der Waals surface area (Å²) in [6.45, 7) is 3.75. The van der Waals surface area contributed by atoms with Gasteiger partial charge in [0, 0.05) is 18.7 Å². The van der Waals surface area contributed by atoms with Crippen molar-refractivity contribution < 1.29 is 0 Å². The van der Waals surface area contributed by atoms with Gasteiger partial charge in [-0.05, 0) is 37.0 Å². The summed E-state index contributed by atoms with van der Waals surface area (Å²) in [6, 6.07) is 4.22. The molecule has 0 fully saturated rings. The van der Waals surface area contributed by atoms with Gasteiger partial charge in [-0.25, -0.2) is 0 Å². The fourth-order valence-electron chi connectivity index (χ4n) is 2.38. The van der Waals surface area contributed by atoms with Crippen LogP contribution in [-0.4, -0.2) is 18.9 Å². The second kappa shape index (κ2) is 3.81. The lowest BCUT2D eigenvalue weighted by atomic mass is 10.0. The fourth-order valence-corrected chi connectivity index (χ4v) is 2.38. The maximum atomic E-state index is 4.54. The molecule has 0 radical (unpaired) electrons. The van der Waals surface area contributed by atoms with Crippen molar-refractivity contribution in [3.05, 3.63) is 34.0 Å². The van der Waals surface area contributed by atoms with Gasteiger partial charge in [-0.1, -0.05) is 6.07 Å². The highest BCUT2D eigenvalue weighted by Gasteiger charge is 2.12. The SMILES string of the molecule is Cc1ccc2c(c1CC1=NCCC1)=NCN=2. The normalized spacial score (nSPS) is 17.7. The molecule has 1 aromatic rings. The van der Waals surface area contributed by atoms with Crippen LogP contribution in [0.25, 0.3) is 0 Å². The third kappa shape index (κ3) is 1.56. The van der Waals surface area contributed by atoms with E-state index in [1.165, 1.54) is 23.3 Å². The van der Waals surface area contributed by atoms with E-state index in [1.807, 2.05) is 0 Å². The number of aryl methyl sites for hydroxylation is 1. The summed E-state index contributed by atoms with van der Waals surface area (Å²) in [5.74, 6) is 0. The predicted octanol–water partition coefficient (Wildman–Crippen LogP) is 0.983. The lowest BCUT2D eigenvalue weighted by Crippen LogP contribution is -2.28. The molecule has 0 N–H and O–H groups in total. The van der Waals surface area contributed by atoms with Crippen molar-refractivity contribution in [3.63, 3.8) is 0 Å². The summed E-state index contributed by atoms with van der Waals surface area (Å²) in [6.07, 6.45) is 3.33. The highest BCUT2D eigenvalue weighted by molar-refractivity contribution is 5.88. The number of hydrogen-bond donors (Lipinski definition) is 0. The number of hydrogen-bond acceptors (Lipinski definition) is 3. The minimum Gasteiger partial charge on any atom is -0.294 e. The van der Waals surface area contributed by atoms with Crippen molar-refractivity contribution in [2.75, 3.05) is 13.2 Å². The molecule has 0 bridgehead atoms. The first kappa shape index (κ1) is 9.70. The molecule has 82 valence electrons. The quantitative estimate of drug-likeness (QED) is 0.702. The molecule has 1 aromatic carbocycles. The third-order valence-corrected chi connectivity index (χ3v) is 3.31. The van der Waals surface area contributed by atoms with E-state index in [0.717, 1.165) is 30.1 Å². The van der Waals surface area contributed by atoms with Gasteiger partial charge in [-0.3, -0.25) is 15.0 Å². The van der Waals surface area contributed by atoms with Gasteiger partial charge >= 0.3 is 0 Å². The molecule has 3 rings (SSSR count). The summed E-state index contributed by atoms with van der Waals surface area (Å²) < 4.78 is 0. The molecule has 0 saturated carbocycles. The molecule has 16 heavy (non-hydrogen) atoms. The molecule has 0 aromatic heterocycles. The van der Waals surface area contributed by atoms with Crippen LogP contribution in [0.5, 0.6) is 0 Å². The summed E-state index contributed by atoms with van der Waals surface area (Å²) in [7, 11) is 0. The topological polar surface area (TPSA) is 37.1 Å². The molecule has 0 atom stereocenters. The lowest BCUT2D eigenvalue weighted by Gasteiger charge is -2.05. The largest absolute Gasteiger partial charge is 0.294 e. The monoisotopic (exact) mass is 213 g/mol. The fraction of sp³-hybridized carbons (Fsp3) is 0.462. The lowest BCUT2D eigenvalue weighted by molar-refractivity contribution is 0.948. The van der Waals surface area contributed by atoms with Gasteiger partial charge in [0.1, 0.15) is 6.67 Å². The summed E-state index contributed by atoms with van der Waals surface area (Å²) in [4.78, 5) is 13.4. The molecule has 2 heterocycles. The second-order valence-corrected chi connectivity index (χ2v) is 4.41. The summed E-state index contributed by atoms with van der Waals surface area (Å²) in [5.41, 5.74) is 3.98. The van der Waals surface area contributed by atoms with Gasteiger partial charge in [-0.2, -0.15) is 0 Å². The molecular formula is C13H15N3. The van der Waals surface area contributed by atoms with Gasteiger partial charge < -0.3 is 0 Å². The second-order valence-electron chi connectivity index (χ2n) is 4.41. The van der Waals surface area contributed by atoms with E-state index < -0.39 is 0 Å². The molecule has 2 aliphatic rings. The molecule has 3 nitrogen and oxygen atoms in total. The van der Waals surface area contributed by atoms with E-state index in [1.54, 1.807) is 0 Å². The molecule has 0 amide bonds. The minimum atomic E-state index is 0.595. The van der Waals surface area contributed by atoms with Gasteiger partial charge in [0.2, 0.25) is 0 Å². The van der Waals surface area contributed by atoms with E-state index in [-0.39, 0.29) is 0 Å². The summed E-state index contributed by atoms with van der Waals surface area (Å²) >= 11 is 0. The van der Waals surface area contributed by atoms with Crippen molar-refractivity contribution in [1.82, 2.24) is 0 Å². The van der Waals surface area contributed by atoms with Crippen LogP contribution < -0.4 is 10.7 Å². The van der Waals surface area contributed by atoms with Gasteiger partial charge in [-0.15, -0.1) is 0 Å². The Hall–Kier alpha value is -1.51. The molecule has 0 aliphatic carbocycles. The average molecular weight is 213 g/mol. The Labute approximate surface area is 94.7 Å². The summed E-state index contributed by atoms with van der Waals surface area (Å²) in [5, 5.41) is 2.16. The van der Waals surface area contributed by atoms with Crippen molar-refractivity contribution in [1.29, 1.82) is 0 Å². The van der Waals surface area contributed by atoms with Crippen LogP contribution in [-0.2, 0) is 6.42 Å². The Bertz CT molecular complexity index is 570. The van der Waals surface area contributed by atoms with Crippen LogP contribution in [0.3, 0.4) is 0 Å². The molecule has 0 saturated heterocycles. The Morgan fingerprint density at radius 2 is 2.12 bits per heavy atom. The first-order valence-electron chi connectivity index (χ1n) is 5.84. The zero-order chi connectivity index (χ0) is 11.0. The maximum Gasteiger partial charge on any atom is 0.130 e. The minimum absolute atomic E-state index is 0.595. The Kier molecular flexibility index (Phi) is 2.31. The van der Waals surface area contributed by atoms with Gasteiger partial charge in [0.15, 0.2) is 0 Å². The van der Waals surface area contributed by atoms with Crippen LogP contribution in [0.4, 0.5) is 0 Å². The number of benzene rings is 1. The van der Waals surface area contributed by atoms with E-state index in [2.05, 4.69) is 34.0 Å². The first-order valence-corrected chi connectivity index (χ1v) is 5.84. The highest BCUT2D eigenvalue weighted by Crippen LogP contribution is 2.10. The Morgan fingerprint density at radius 3 is 2.94 bits per heavy atom. The first-order chi connectivity index (χ1) is 7.84. The predicted molar refractivity (Wildman–Crippen MR) is 63.6 cm³/mol. The van der Waals surface area contributed by atoms with E-state index in [0.29, 0.717) is 6.67 Å². The molecule has 2 aliphatic heterocycles. The Balaban J connectivity index is 2.07. The smallest absolute Gasteiger partial charge is 0.130 e. The molecule has 3 heteroatoms. The van der Waals surface area contributed by atoms with Crippen molar-refractivity contribution in [3.8, 4) is 0 Å². The number of aliphatic imine (C=N–C) groups is 1. The maximum absolute atomic E-state index is 4.54. The highest BCUT2D eigenvalue weighted by atomic mass is 15.0. The average Bonchev–Trinajstić information content (AvgIpc) is 2.92. The number of rotatable bonds is 2. The van der Waals surface area contributed by atoms with Crippen LogP contribution >= 0.6 is 0 Å². The zero-order valence-corrected chi connectivity index (χ0v) is 9.53. The van der Waals surface area contributed by atoms with Crippen molar-refractivity contribution in [2.45, 2.75) is 26.2 Å². The van der Waals surface area contributed by atoms with Crippen molar-refractivity contribution in [2.24, 2.45) is 15.0 Å². The number of nitrogens with zero attached hydrogens (tertiary/aromatic N) is 3. The standard InChI is InChI=1S/C13H15N3/c1-9-4-5-12-13(16-8-15-12)11(9)7-10-3-2-6-14-10/h4-5H,2-3,6-8H2,1H3. The molecular weight excluding hydrogens is 198 g/mol. The number of fused-ring (bicyclic) bond motifs is 1. The van der Waals surface area contributed by atoms with Crippen molar-refractivity contribution >= 4 is 5.71 Å². The molecule has 0 unspecified atom stereocenters. The van der Waals surface area contributed by atoms with E-state index >= 15 is 0 Å². The zero-order valence-electron chi connectivity index (χ0n) is 9.53. The van der Waals surface area contributed by atoms with Crippen LogP contribution in [0.1, 0.15) is 24.0 Å². The van der Waals surface area contributed by atoms with E-state index in [9.17, 15) is 0 Å².